The van der Waals surface area contributed by atoms with Crippen molar-refractivity contribution in [3.63, 3.8) is 0 Å². The molecule has 1 fully saturated rings. The summed E-state index contributed by atoms with van der Waals surface area (Å²) in [7, 11) is 0. The van der Waals surface area contributed by atoms with E-state index >= 15 is 0 Å². The summed E-state index contributed by atoms with van der Waals surface area (Å²) in [5, 5.41) is 8.64. The molecular formula is C16H20N2O2. The molecule has 1 aliphatic heterocycles. The first-order valence-corrected chi connectivity index (χ1v) is 7.00. The molecule has 2 unspecified atom stereocenters. The Morgan fingerprint density at radius 3 is 2.95 bits per heavy atom. The molecule has 0 aromatic carbocycles. The molecule has 1 saturated heterocycles. The van der Waals surface area contributed by atoms with Crippen LogP contribution < -0.4 is 0 Å². The highest BCUT2D eigenvalue weighted by Gasteiger charge is 2.29. The summed E-state index contributed by atoms with van der Waals surface area (Å²) in [5.74, 6) is 5.85. The van der Waals surface area contributed by atoms with E-state index in [2.05, 4.69) is 30.7 Å². The van der Waals surface area contributed by atoms with Crippen molar-refractivity contribution in [1.29, 1.82) is 0 Å². The van der Waals surface area contributed by atoms with Gasteiger partial charge >= 0.3 is 0 Å². The highest BCUT2D eigenvalue weighted by atomic mass is 16.2. The Hall–Kier alpha value is -1.86. The van der Waals surface area contributed by atoms with Gasteiger partial charge in [0, 0.05) is 24.3 Å². The Morgan fingerprint density at radius 1 is 1.50 bits per heavy atom. The predicted molar refractivity (Wildman–Crippen MR) is 77.1 cm³/mol. The van der Waals surface area contributed by atoms with Gasteiger partial charge in [-0.05, 0) is 37.8 Å². The van der Waals surface area contributed by atoms with E-state index in [0.717, 1.165) is 13.0 Å². The van der Waals surface area contributed by atoms with Crippen LogP contribution in [-0.4, -0.2) is 40.1 Å². The molecule has 2 rings (SSSR count). The Balaban J connectivity index is 2.12. The van der Waals surface area contributed by atoms with Crippen LogP contribution >= 0.6 is 0 Å². The Morgan fingerprint density at radius 2 is 2.30 bits per heavy atom. The number of carbonyl (C=O) groups excluding carboxylic acids is 1. The highest BCUT2D eigenvalue weighted by molar-refractivity contribution is 5.92. The number of aromatic nitrogens is 1. The number of aliphatic hydroxyl groups excluding tert-OH is 1. The van der Waals surface area contributed by atoms with Gasteiger partial charge in [0.1, 0.15) is 12.3 Å². The maximum Gasteiger partial charge on any atom is 0.272 e. The second kappa shape index (κ2) is 6.53. The highest BCUT2D eigenvalue weighted by Crippen LogP contribution is 2.24. The van der Waals surface area contributed by atoms with Crippen LogP contribution in [0.15, 0.2) is 18.3 Å². The van der Waals surface area contributed by atoms with E-state index in [4.69, 9.17) is 5.11 Å². The fourth-order valence-electron chi connectivity index (χ4n) is 2.51. The summed E-state index contributed by atoms with van der Waals surface area (Å²) in [5.41, 5.74) is 1.16. The van der Waals surface area contributed by atoms with Crippen LogP contribution in [0.5, 0.6) is 0 Å². The molecule has 1 aromatic heterocycles. The minimum Gasteiger partial charge on any atom is -0.384 e. The second-order valence-electron chi connectivity index (χ2n) is 5.25. The van der Waals surface area contributed by atoms with Gasteiger partial charge in [-0.25, -0.2) is 4.98 Å². The number of pyridine rings is 1. The minimum absolute atomic E-state index is 0.00860. The number of hydrogen-bond acceptors (Lipinski definition) is 3. The third kappa shape index (κ3) is 3.17. The van der Waals surface area contributed by atoms with Crippen LogP contribution in [-0.2, 0) is 0 Å². The quantitative estimate of drug-likeness (QED) is 0.791. The lowest BCUT2D eigenvalue weighted by Crippen LogP contribution is -2.46. The van der Waals surface area contributed by atoms with Crippen molar-refractivity contribution in [2.45, 2.75) is 32.7 Å². The average Bonchev–Trinajstić information content (AvgIpc) is 2.48. The summed E-state index contributed by atoms with van der Waals surface area (Å²) in [4.78, 5) is 18.6. The fraction of sp³-hybridized carbons (Fsp3) is 0.500. The third-order valence-corrected chi connectivity index (χ3v) is 3.93. The molecule has 4 nitrogen and oxygen atoms in total. The Labute approximate surface area is 119 Å². The predicted octanol–water partition coefficient (Wildman–Crippen LogP) is 1.69. The molecule has 0 spiro atoms. The smallest absolute Gasteiger partial charge is 0.272 e. The summed E-state index contributed by atoms with van der Waals surface area (Å²) in [6.45, 7) is 4.91. The minimum atomic E-state index is -0.177. The molecule has 1 N–H and O–H groups in total. The molecule has 2 heterocycles. The van der Waals surface area contributed by atoms with Crippen LogP contribution in [0.1, 0.15) is 42.7 Å². The van der Waals surface area contributed by atoms with Gasteiger partial charge in [0.05, 0.1) is 0 Å². The van der Waals surface area contributed by atoms with Crippen molar-refractivity contribution in [3.05, 3.63) is 29.6 Å². The molecule has 106 valence electrons. The lowest BCUT2D eigenvalue weighted by atomic mass is 9.92. The average molecular weight is 272 g/mol. The number of piperidine rings is 1. The van der Waals surface area contributed by atoms with Crippen LogP contribution in [0.3, 0.4) is 0 Å². The van der Waals surface area contributed by atoms with Crippen molar-refractivity contribution in [1.82, 2.24) is 9.88 Å². The van der Waals surface area contributed by atoms with Crippen LogP contribution in [0.25, 0.3) is 0 Å². The first-order valence-electron chi connectivity index (χ1n) is 7.00. The lowest BCUT2D eigenvalue weighted by Gasteiger charge is -2.37. The monoisotopic (exact) mass is 272 g/mol. The van der Waals surface area contributed by atoms with E-state index in [0.29, 0.717) is 17.2 Å². The maximum absolute atomic E-state index is 12.5. The lowest BCUT2D eigenvalue weighted by molar-refractivity contribution is 0.0545. The number of nitrogens with zero attached hydrogens (tertiary/aromatic N) is 2. The normalized spacial score (nSPS) is 22.1. The first kappa shape index (κ1) is 14.5. The topological polar surface area (TPSA) is 53.4 Å². The molecule has 1 amide bonds. The van der Waals surface area contributed by atoms with Crippen molar-refractivity contribution in [3.8, 4) is 11.8 Å². The Kier molecular flexibility index (Phi) is 4.75. The largest absolute Gasteiger partial charge is 0.384 e. The zero-order valence-corrected chi connectivity index (χ0v) is 12.0. The van der Waals surface area contributed by atoms with Crippen LogP contribution in [0.4, 0.5) is 0 Å². The maximum atomic E-state index is 12.5. The van der Waals surface area contributed by atoms with E-state index in [-0.39, 0.29) is 18.6 Å². The van der Waals surface area contributed by atoms with Gasteiger partial charge in [-0.15, -0.1) is 0 Å². The van der Waals surface area contributed by atoms with Gasteiger partial charge in [0.25, 0.3) is 5.91 Å². The Bertz CT molecular complexity index is 528. The molecule has 1 aliphatic rings. The molecule has 4 heteroatoms. The van der Waals surface area contributed by atoms with Gasteiger partial charge in [0.15, 0.2) is 0 Å². The number of carbonyl (C=O) groups is 1. The summed E-state index contributed by atoms with van der Waals surface area (Å²) >= 11 is 0. The second-order valence-corrected chi connectivity index (χ2v) is 5.25. The molecule has 1 aromatic rings. The standard InChI is InChI=1S/C16H20N2O2/c1-12-5-3-9-18(13(12)2)16(20)15-8-7-14(11-17-15)6-4-10-19/h7-8,11-13,19H,3,5,9-10H2,1-2H3. The molecule has 0 radical (unpaired) electrons. The van der Waals surface area contributed by atoms with Crippen molar-refractivity contribution >= 4 is 5.91 Å². The van der Waals surface area contributed by atoms with Crippen LogP contribution in [0, 0.1) is 17.8 Å². The van der Waals surface area contributed by atoms with Gasteiger partial charge in [-0.1, -0.05) is 18.8 Å². The van der Waals surface area contributed by atoms with Gasteiger partial charge in [-0.3, -0.25) is 4.79 Å². The zero-order chi connectivity index (χ0) is 14.5. The van der Waals surface area contributed by atoms with Crippen LogP contribution in [0.2, 0.25) is 0 Å². The van der Waals surface area contributed by atoms with E-state index in [9.17, 15) is 4.79 Å². The summed E-state index contributed by atoms with van der Waals surface area (Å²) in [6, 6.07) is 3.73. The van der Waals surface area contributed by atoms with Gasteiger partial charge < -0.3 is 10.0 Å². The summed E-state index contributed by atoms with van der Waals surface area (Å²) < 4.78 is 0. The molecular weight excluding hydrogens is 252 g/mol. The number of rotatable bonds is 1. The van der Waals surface area contributed by atoms with Gasteiger partial charge in [0.2, 0.25) is 0 Å². The molecule has 0 bridgehead atoms. The third-order valence-electron chi connectivity index (χ3n) is 3.93. The fourth-order valence-corrected chi connectivity index (χ4v) is 2.51. The zero-order valence-electron chi connectivity index (χ0n) is 12.0. The van der Waals surface area contributed by atoms with Crippen molar-refractivity contribution in [2.24, 2.45) is 5.92 Å². The van der Waals surface area contributed by atoms with E-state index in [1.807, 2.05) is 4.90 Å². The molecule has 0 saturated carbocycles. The molecule has 2 atom stereocenters. The van der Waals surface area contributed by atoms with E-state index in [1.54, 1.807) is 18.3 Å². The van der Waals surface area contributed by atoms with Gasteiger partial charge in [-0.2, -0.15) is 0 Å². The summed E-state index contributed by atoms with van der Waals surface area (Å²) in [6.07, 6.45) is 3.80. The SMILES string of the molecule is CC1CCCN(C(=O)c2ccc(C#CCO)cn2)C1C. The first-order chi connectivity index (χ1) is 9.63. The number of likely N-dealkylation sites (tertiary alicyclic amines) is 1. The van der Waals surface area contributed by atoms with Crippen molar-refractivity contribution < 1.29 is 9.90 Å². The number of amides is 1. The number of aliphatic hydroxyl groups is 1. The molecule has 0 aliphatic carbocycles. The molecule has 20 heavy (non-hydrogen) atoms. The number of hydrogen-bond donors (Lipinski definition) is 1. The van der Waals surface area contributed by atoms with E-state index in [1.165, 1.54) is 6.42 Å². The van der Waals surface area contributed by atoms with E-state index < -0.39 is 0 Å². The van der Waals surface area contributed by atoms with Crippen molar-refractivity contribution in [2.75, 3.05) is 13.2 Å².